The Hall–Kier alpha value is -2.69. The summed E-state index contributed by atoms with van der Waals surface area (Å²) < 4.78 is 0. The topological polar surface area (TPSA) is 129 Å². The highest BCUT2D eigenvalue weighted by molar-refractivity contribution is 7.13. The lowest BCUT2D eigenvalue weighted by Crippen LogP contribution is -2.76. The first-order valence-electron chi connectivity index (χ1n) is 14.0. The summed E-state index contributed by atoms with van der Waals surface area (Å²) in [6.07, 6.45) is 6.10. The lowest BCUT2D eigenvalue weighted by molar-refractivity contribution is -0.178. The van der Waals surface area contributed by atoms with E-state index >= 15 is 0 Å². The number of fused-ring (bicyclic) bond motifs is 1. The molecular formula is C27H42N6O4S. The van der Waals surface area contributed by atoms with Crippen LogP contribution >= 0.6 is 11.3 Å². The minimum atomic E-state index is -0.967. The van der Waals surface area contributed by atoms with Crippen LogP contribution < -0.4 is 11.1 Å². The number of piperazine rings is 1. The average Bonchev–Trinajstić information content (AvgIpc) is 3.29. The van der Waals surface area contributed by atoms with Crippen LogP contribution in [0.3, 0.4) is 0 Å². The summed E-state index contributed by atoms with van der Waals surface area (Å²) in [5.74, 6) is -0.213. The Morgan fingerprint density at radius 3 is 2.39 bits per heavy atom. The molecule has 3 atom stereocenters. The maximum Gasteiger partial charge on any atom is 0.271 e. The third kappa shape index (κ3) is 6.30. The summed E-state index contributed by atoms with van der Waals surface area (Å²) in [5, 5.41) is 4.57. The largest absolute Gasteiger partial charge is 0.375 e. The van der Waals surface area contributed by atoms with Crippen molar-refractivity contribution >= 4 is 40.1 Å². The number of hydrogen-bond donors (Lipinski definition) is 2. The number of nitrogens with one attached hydrogen (secondary N) is 1. The van der Waals surface area contributed by atoms with Crippen LogP contribution in [0.5, 0.6) is 0 Å². The van der Waals surface area contributed by atoms with Crippen molar-refractivity contribution < 1.29 is 19.2 Å². The van der Waals surface area contributed by atoms with Crippen LogP contribution in [0.1, 0.15) is 83.1 Å². The van der Waals surface area contributed by atoms with Crippen LogP contribution in [0, 0.1) is 17.8 Å². The Morgan fingerprint density at radius 2 is 1.79 bits per heavy atom. The Bertz CT molecular complexity index is 1040. The van der Waals surface area contributed by atoms with E-state index in [1.165, 1.54) is 24.6 Å². The number of nitrogen functional groups attached to an aromatic ring is 1. The van der Waals surface area contributed by atoms with E-state index in [9.17, 15) is 19.2 Å². The monoisotopic (exact) mass is 546 g/mol. The highest BCUT2D eigenvalue weighted by Gasteiger charge is 2.52. The number of nitrogens with two attached hydrogens (primary N) is 1. The van der Waals surface area contributed by atoms with Gasteiger partial charge in [0.15, 0.2) is 5.13 Å². The van der Waals surface area contributed by atoms with Gasteiger partial charge in [-0.05, 0) is 37.0 Å². The molecule has 10 nitrogen and oxygen atoms in total. The smallest absolute Gasteiger partial charge is 0.271 e. The summed E-state index contributed by atoms with van der Waals surface area (Å²) in [6.45, 7) is 9.08. The number of amides is 4. The summed E-state index contributed by atoms with van der Waals surface area (Å²) in [5.41, 5.74) is 5.82. The van der Waals surface area contributed by atoms with Gasteiger partial charge in [-0.1, -0.05) is 47.0 Å². The molecule has 2 aliphatic heterocycles. The zero-order valence-electron chi connectivity index (χ0n) is 23.0. The molecule has 0 radical (unpaired) electrons. The quantitative estimate of drug-likeness (QED) is 0.516. The summed E-state index contributed by atoms with van der Waals surface area (Å²) in [6, 6.07) is -1.64. The maximum absolute atomic E-state index is 13.9. The molecule has 4 rings (SSSR count). The molecule has 1 unspecified atom stereocenters. The number of anilines is 1. The van der Waals surface area contributed by atoms with Crippen molar-refractivity contribution in [2.45, 2.75) is 90.9 Å². The van der Waals surface area contributed by atoms with Crippen LogP contribution in [-0.2, 0) is 14.4 Å². The van der Waals surface area contributed by atoms with E-state index in [1.807, 2.05) is 32.6 Å². The normalized spacial score (nSPS) is 24.8. The van der Waals surface area contributed by atoms with Crippen LogP contribution in [0.25, 0.3) is 0 Å². The van der Waals surface area contributed by atoms with E-state index < -0.39 is 24.2 Å². The van der Waals surface area contributed by atoms with Gasteiger partial charge < -0.3 is 25.8 Å². The minimum absolute atomic E-state index is 0.0515. The molecule has 2 saturated heterocycles. The molecule has 4 amide bonds. The maximum atomic E-state index is 13.9. The van der Waals surface area contributed by atoms with Gasteiger partial charge in [0.25, 0.3) is 5.91 Å². The molecule has 38 heavy (non-hydrogen) atoms. The summed E-state index contributed by atoms with van der Waals surface area (Å²) in [4.78, 5) is 63.5. The van der Waals surface area contributed by atoms with Crippen LogP contribution in [0.4, 0.5) is 5.13 Å². The summed E-state index contributed by atoms with van der Waals surface area (Å²) in [7, 11) is 0. The SMILES string of the molecule is CC(C)CC(=O)N1C[C@@H](NC(=O)c2csc(N)n2)C(=O)N2C1CN(CC1CCCCC1)C(=O)[C@H]2CC(C)C. The van der Waals surface area contributed by atoms with Crippen molar-refractivity contribution in [1.29, 1.82) is 0 Å². The van der Waals surface area contributed by atoms with E-state index in [4.69, 9.17) is 5.73 Å². The molecule has 0 spiro atoms. The third-order valence-corrected chi connectivity index (χ3v) is 8.46. The Morgan fingerprint density at radius 1 is 1.08 bits per heavy atom. The zero-order valence-corrected chi connectivity index (χ0v) is 23.8. The third-order valence-electron chi connectivity index (χ3n) is 7.79. The first kappa shape index (κ1) is 28.3. The molecule has 210 valence electrons. The second kappa shape index (κ2) is 12.0. The number of thiazole rings is 1. The van der Waals surface area contributed by atoms with Crippen LogP contribution in [-0.4, -0.2) is 81.2 Å². The molecule has 1 aromatic heterocycles. The van der Waals surface area contributed by atoms with E-state index in [1.54, 1.807) is 9.80 Å². The highest BCUT2D eigenvalue weighted by atomic mass is 32.1. The van der Waals surface area contributed by atoms with Crippen LogP contribution in [0.2, 0.25) is 0 Å². The van der Waals surface area contributed by atoms with Crippen LogP contribution in [0.15, 0.2) is 5.38 Å². The highest BCUT2D eigenvalue weighted by Crippen LogP contribution is 2.32. The van der Waals surface area contributed by atoms with Crippen molar-refractivity contribution in [2.24, 2.45) is 17.8 Å². The van der Waals surface area contributed by atoms with E-state index in [2.05, 4.69) is 10.3 Å². The van der Waals surface area contributed by atoms with Gasteiger partial charge in [-0.15, -0.1) is 11.3 Å². The number of carbonyl (C=O) groups is 4. The van der Waals surface area contributed by atoms with Crippen molar-refractivity contribution in [3.63, 3.8) is 0 Å². The molecule has 0 aromatic carbocycles. The lowest BCUT2D eigenvalue weighted by atomic mass is 9.87. The van der Waals surface area contributed by atoms with Gasteiger partial charge in [-0.3, -0.25) is 19.2 Å². The van der Waals surface area contributed by atoms with E-state index in [0.29, 0.717) is 31.8 Å². The molecule has 3 N–H and O–H groups in total. The molecule has 3 heterocycles. The molecule has 3 aliphatic rings. The van der Waals surface area contributed by atoms with Gasteiger partial charge in [-0.2, -0.15) is 0 Å². The molecule has 1 aliphatic carbocycles. The van der Waals surface area contributed by atoms with Gasteiger partial charge in [0.1, 0.15) is 23.9 Å². The number of nitrogens with zero attached hydrogens (tertiary/aromatic N) is 4. The van der Waals surface area contributed by atoms with E-state index in [-0.39, 0.29) is 46.9 Å². The molecule has 1 aromatic rings. The lowest BCUT2D eigenvalue weighted by Gasteiger charge is -2.54. The molecular weight excluding hydrogens is 504 g/mol. The fourth-order valence-corrected chi connectivity index (χ4v) is 6.55. The summed E-state index contributed by atoms with van der Waals surface area (Å²) >= 11 is 1.14. The van der Waals surface area contributed by atoms with Gasteiger partial charge in [0, 0.05) is 18.3 Å². The second-order valence-corrected chi connectivity index (χ2v) is 12.7. The number of hydrogen-bond acceptors (Lipinski definition) is 7. The molecule has 0 bridgehead atoms. The Balaban J connectivity index is 1.64. The number of aromatic nitrogens is 1. The van der Waals surface area contributed by atoms with E-state index in [0.717, 1.165) is 24.2 Å². The zero-order chi connectivity index (χ0) is 27.6. The van der Waals surface area contributed by atoms with Crippen molar-refractivity contribution in [3.05, 3.63) is 11.1 Å². The Kier molecular flexibility index (Phi) is 8.95. The van der Waals surface area contributed by atoms with Gasteiger partial charge in [0.2, 0.25) is 17.7 Å². The molecule has 3 fully saturated rings. The van der Waals surface area contributed by atoms with Gasteiger partial charge in [-0.25, -0.2) is 4.98 Å². The Labute approximate surface area is 229 Å². The minimum Gasteiger partial charge on any atom is -0.375 e. The standard InChI is InChI=1S/C27H42N6O4S/c1-16(2)10-21-26(37)31(12-18-8-6-5-7-9-18)14-22-32(23(34)11-17(3)4)13-19(25(36)33(21)22)29-24(35)20-15-38-27(28)30-20/h15-19,21-22H,5-14H2,1-4H3,(H2,28,30)(H,29,35)/t19-,21-,22?/m1/s1. The second-order valence-electron chi connectivity index (χ2n) is 11.9. The fourth-order valence-electron chi connectivity index (χ4n) is 6.01. The van der Waals surface area contributed by atoms with Gasteiger partial charge >= 0.3 is 0 Å². The number of rotatable bonds is 8. The number of carbonyl (C=O) groups excluding carboxylic acids is 4. The molecule has 11 heteroatoms. The fraction of sp³-hybridized carbons (Fsp3) is 0.741. The van der Waals surface area contributed by atoms with Crippen molar-refractivity contribution in [1.82, 2.24) is 25.0 Å². The van der Waals surface area contributed by atoms with Crippen molar-refractivity contribution in [3.8, 4) is 0 Å². The average molecular weight is 547 g/mol. The molecule has 1 saturated carbocycles. The first-order chi connectivity index (χ1) is 18.0. The van der Waals surface area contributed by atoms with Gasteiger partial charge in [0.05, 0.1) is 13.1 Å². The predicted octanol–water partition coefficient (Wildman–Crippen LogP) is 2.70. The first-order valence-corrected chi connectivity index (χ1v) is 14.8. The predicted molar refractivity (Wildman–Crippen MR) is 146 cm³/mol. The van der Waals surface area contributed by atoms with Crippen molar-refractivity contribution in [2.75, 3.05) is 25.4 Å².